The lowest BCUT2D eigenvalue weighted by molar-refractivity contribution is 0.00272. The van der Waals surface area contributed by atoms with Crippen LogP contribution >= 0.6 is 0 Å². The van der Waals surface area contributed by atoms with Gasteiger partial charge < -0.3 is 15.4 Å². The maximum absolute atomic E-state index is 12.3. The van der Waals surface area contributed by atoms with E-state index in [-0.39, 0.29) is 0 Å². The first-order chi connectivity index (χ1) is 14.2. The highest BCUT2D eigenvalue weighted by atomic mass is 32.2. The van der Waals surface area contributed by atoms with Crippen molar-refractivity contribution in [3.05, 3.63) is 35.9 Å². The summed E-state index contributed by atoms with van der Waals surface area (Å²) in [6.45, 7) is 9.67. The molecule has 2 rings (SSSR count). The highest BCUT2D eigenvalue weighted by molar-refractivity contribution is 7.84. The van der Waals surface area contributed by atoms with E-state index >= 15 is 0 Å². The fourth-order valence-electron chi connectivity index (χ4n) is 3.87. The number of aliphatic imine (C=N–C) groups is 1. The number of ether oxygens (including phenoxy) is 1. The number of nitrogens with one attached hydrogen (secondary N) is 2. The van der Waals surface area contributed by atoms with Gasteiger partial charge in [-0.05, 0) is 11.5 Å². The topological polar surface area (TPSA) is 66.0 Å². The molecule has 0 spiro atoms. The minimum Gasteiger partial charge on any atom is -0.379 e. The maximum atomic E-state index is 12.3. The summed E-state index contributed by atoms with van der Waals surface area (Å²) in [6, 6.07) is 10.5. The maximum Gasteiger partial charge on any atom is 0.191 e. The predicted octanol–water partition coefficient (Wildman–Crippen LogP) is 2.24. The molecule has 1 aromatic rings. The number of morpholine rings is 1. The molecule has 1 saturated heterocycles. The molecule has 1 aliphatic rings. The molecule has 7 heteroatoms. The molecule has 2 unspecified atom stereocenters. The van der Waals surface area contributed by atoms with E-state index < -0.39 is 10.8 Å². The van der Waals surface area contributed by atoms with Crippen LogP contribution in [-0.2, 0) is 21.3 Å². The lowest BCUT2D eigenvalue weighted by Gasteiger charge is -2.39. The Balaban J connectivity index is 1.78. The lowest BCUT2D eigenvalue weighted by atomic mass is 9.92. The summed E-state index contributed by atoms with van der Waals surface area (Å²) in [5.74, 6) is 2.64. The summed E-state index contributed by atoms with van der Waals surface area (Å²) < 4.78 is 17.8. The average Bonchev–Trinajstić information content (AvgIpc) is 2.76. The minimum atomic E-state index is -0.884. The van der Waals surface area contributed by atoms with E-state index in [0.717, 1.165) is 44.4 Å². The predicted molar refractivity (Wildman–Crippen MR) is 123 cm³/mol. The van der Waals surface area contributed by atoms with Crippen LogP contribution in [-0.4, -0.2) is 73.3 Å². The summed E-state index contributed by atoms with van der Waals surface area (Å²) in [5, 5.41) is 6.82. The molecular weight excluding hydrogens is 384 g/mol. The van der Waals surface area contributed by atoms with Gasteiger partial charge in [0.15, 0.2) is 5.96 Å². The quantitative estimate of drug-likeness (QED) is 0.423. The number of benzene rings is 1. The van der Waals surface area contributed by atoms with E-state index in [0.29, 0.717) is 30.0 Å². The lowest BCUT2D eigenvalue weighted by Crippen LogP contribution is -2.53. The van der Waals surface area contributed by atoms with Crippen LogP contribution in [0.5, 0.6) is 0 Å². The van der Waals surface area contributed by atoms with Gasteiger partial charge in [0.05, 0.1) is 13.2 Å². The Bertz CT molecular complexity index is 616. The third-order valence-corrected chi connectivity index (χ3v) is 6.92. The zero-order chi connectivity index (χ0) is 20.9. The molecule has 2 atom stereocenters. The first-order valence-corrected chi connectivity index (χ1v) is 12.3. The van der Waals surface area contributed by atoms with Crippen molar-refractivity contribution in [3.63, 3.8) is 0 Å². The molecule has 0 amide bonds. The first-order valence-electron chi connectivity index (χ1n) is 10.8. The van der Waals surface area contributed by atoms with E-state index in [4.69, 9.17) is 4.74 Å². The van der Waals surface area contributed by atoms with Crippen LogP contribution < -0.4 is 10.6 Å². The van der Waals surface area contributed by atoms with Crippen LogP contribution in [0.1, 0.15) is 32.3 Å². The van der Waals surface area contributed by atoms with Gasteiger partial charge in [-0.25, -0.2) is 0 Å². The molecule has 0 bridgehead atoms. The Labute approximate surface area is 179 Å². The largest absolute Gasteiger partial charge is 0.379 e. The Morgan fingerprint density at radius 1 is 1.17 bits per heavy atom. The summed E-state index contributed by atoms with van der Waals surface area (Å²) in [5.41, 5.74) is 1.12. The fourth-order valence-corrected chi connectivity index (χ4v) is 4.91. The minimum absolute atomic E-state index is 0.472. The Morgan fingerprint density at radius 2 is 1.86 bits per heavy atom. The zero-order valence-corrected chi connectivity index (χ0v) is 19.0. The number of nitrogens with zero attached hydrogens (tertiary/aromatic N) is 2. The van der Waals surface area contributed by atoms with Gasteiger partial charge in [0.25, 0.3) is 0 Å². The molecule has 0 saturated carbocycles. The van der Waals surface area contributed by atoms with Crippen molar-refractivity contribution in [1.29, 1.82) is 0 Å². The third kappa shape index (κ3) is 8.44. The molecule has 0 aliphatic carbocycles. The van der Waals surface area contributed by atoms with Crippen LogP contribution in [0.4, 0.5) is 0 Å². The van der Waals surface area contributed by atoms with Crippen LogP contribution in [0.25, 0.3) is 0 Å². The van der Waals surface area contributed by atoms with Gasteiger partial charge in [0.2, 0.25) is 0 Å². The second-order valence-electron chi connectivity index (χ2n) is 7.45. The molecule has 1 aliphatic heterocycles. The van der Waals surface area contributed by atoms with Gasteiger partial charge in [-0.1, -0.05) is 57.0 Å². The highest BCUT2D eigenvalue weighted by Gasteiger charge is 2.26. The third-order valence-electron chi connectivity index (χ3n) is 5.60. The number of hydrogen-bond donors (Lipinski definition) is 2. The molecule has 29 heavy (non-hydrogen) atoms. The molecule has 1 heterocycles. The SMILES string of the molecule is CCC(CC)C(CNC(=NC)NCCS(=O)Cc1ccccc1)N1CCOCC1. The normalized spacial score (nSPS) is 17.9. The van der Waals surface area contributed by atoms with Gasteiger partial charge >= 0.3 is 0 Å². The van der Waals surface area contributed by atoms with Crippen molar-refractivity contribution in [2.24, 2.45) is 10.9 Å². The van der Waals surface area contributed by atoms with Crippen LogP contribution in [0.3, 0.4) is 0 Å². The van der Waals surface area contributed by atoms with Crippen molar-refractivity contribution < 1.29 is 8.95 Å². The Morgan fingerprint density at radius 3 is 2.48 bits per heavy atom. The summed E-state index contributed by atoms with van der Waals surface area (Å²) in [4.78, 5) is 6.90. The zero-order valence-electron chi connectivity index (χ0n) is 18.2. The van der Waals surface area contributed by atoms with Crippen LogP contribution in [0, 0.1) is 5.92 Å². The molecule has 6 nitrogen and oxygen atoms in total. The molecule has 0 aromatic heterocycles. The number of rotatable bonds is 11. The van der Waals surface area contributed by atoms with E-state index in [2.05, 4.69) is 34.4 Å². The van der Waals surface area contributed by atoms with E-state index in [9.17, 15) is 4.21 Å². The monoisotopic (exact) mass is 422 g/mol. The van der Waals surface area contributed by atoms with Gasteiger partial charge in [0, 0.05) is 61.6 Å². The van der Waals surface area contributed by atoms with Crippen LogP contribution in [0.2, 0.25) is 0 Å². The van der Waals surface area contributed by atoms with Crippen molar-refractivity contribution in [2.45, 2.75) is 38.5 Å². The fraction of sp³-hybridized carbons (Fsp3) is 0.682. The Kier molecular flexibility index (Phi) is 11.3. The molecular formula is C22H38N4O2S. The average molecular weight is 423 g/mol. The molecule has 2 N–H and O–H groups in total. The smallest absolute Gasteiger partial charge is 0.191 e. The highest BCUT2D eigenvalue weighted by Crippen LogP contribution is 2.19. The summed E-state index contributed by atoms with van der Waals surface area (Å²) in [6.07, 6.45) is 2.34. The number of guanidine groups is 1. The molecule has 1 aromatic carbocycles. The van der Waals surface area contributed by atoms with Crippen molar-refractivity contribution in [2.75, 3.05) is 52.2 Å². The van der Waals surface area contributed by atoms with Crippen molar-refractivity contribution in [1.82, 2.24) is 15.5 Å². The van der Waals surface area contributed by atoms with Gasteiger partial charge in [-0.15, -0.1) is 0 Å². The van der Waals surface area contributed by atoms with Gasteiger partial charge in [-0.2, -0.15) is 0 Å². The van der Waals surface area contributed by atoms with E-state index in [1.54, 1.807) is 7.05 Å². The summed E-state index contributed by atoms with van der Waals surface area (Å²) in [7, 11) is 0.905. The molecule has 0 radical (unpaired) electrons. The van der Waals surface area contributed by atoms with Crippen molar-refractivity contribution in [3.8, 4) is 0 Å². The standard InChI is InChI=1S/C22H38N4O2S/c1-4-20(5-2)21(26-12-14-28-15-13-26)17-25-22(23-3)24-11-16-29(27)18-19-9-7-6-8-10-19/h6-10,20-21H,4-5,11-18H2,1-3H3,(H2,23,24,25). The number of hydrogen-bond acceptors (Lipinski definition) is 4. The first kappa shape index (κ1) is 23.8. The second kappa shape index (κ2) is 13.7. The van der Waals surface area contributed by atoms with Crippen LogP contribution in [0.15, 0.2) is 35.3 Å². The molecule has 1 fully saturated rings. The van der Waals surface area contributed by atoms with Gasteiger partial charge in [-0.3, -0.25) is 14.1 Å². The Hall–Kier alpha value is -1.44. The second-order valence-corrected chi connectivity index (χ2v) is 9.02. The van der Waals surface area contributed by atoms with Crippen molar-refractivity contribution >= 4 is 16.8 Å². The summed E-state index contributed by atoms with van der Waals surface area (Å²) >= 11 is 0. The van der Waals surface area contributed by atoms with E-state index in [1.807, 2.05) is 30.3 Å². The van der Waals surface area contributed by atoms with Gasteiger partial charge in [0.1, 0.15) is 0 Å². The van der Waals surface area contributed by atoms with E-state index in [1.165, 1.54) is 12.8 Å². The molecule has 164 valence electrons.